The lowest BCUT2D eigenvalue weighted by atomic mass is 9.89. The molecule has 0 unspecified atom stereocenters. The van der Waals surface area contributed by atoms with Gasteiger partial charge in [0.15, 0.2) is 0 Å². The molecule has 0 spiro atoms. The van der Waals surface area contributed by atoms with Gasteiger partial charge in [0, 0.05) is 0 Å². The molecule has 1 fully saturated rings. The Morgan fingerprint density at radius 1 is 1.42 bits per heavy atom. The Kier molecular flexibility index (Phi) is 3.95. The summed E-state index contributed by atoms with van der Waals surface area (Å²) in [6.45, 7) is 2.75. The van der Waals surface area contributed by atoms with Crippen molar-refractivity contribution in [3.05, 3.63) is 0 Å². The standard InChI is InChI=1S/C9H17NOS/c1-7-2-4-8(5-3-7)11-6-9(10)12/h7-8H,2-6H2,1H3,(H2,10,12). The minimum absolute atomic E-state index is 0.405. The van der Waals surface area contributed by atoms with E-state index in [4.69, 9.17) is 22.7 Å². The Hall–Kier alpha value is -0.150. The number of hydrogen-bond donors (Lipinski definition) is 1. The summed E-state index contributed by atoms with van der Waals surface area (Å²) in [4.78, 5) is 0.466. The first-order chi connectivity index (χ1) is 5.68. The molecule has 0 saturated heterocycles. The lowest BCUT2D eigenvalue weighted by molar-refractivity contribution is 0.0430. The normalized spacial score (nSPS) is 30.1. The van der Waals surface area contributed by atoms with E-state index in [1.807, 2.05) is 0 Å². The Morgan fingerprint density at radius 2 is 2.00 bits per heavy atom. The summed E-state index contributed by atoms with van der Waals surface area (Å²) in [6.07, 6.45) is 5.31. The molecule has 12 heavy (non-hydrogen) atoms. The van der Waals surface area contributed by atoms with Gasteiger partial charge in [-0.05, 0) is 31.6 Å². The van der Waals surface area contributed by atoms with E-state index in [0.29, 0.717) is 17.7 Å². The summed E-state index contributed by atoms with van der Waals surface area (Å²) in [7, 11) is 0. The zero-order valence-corrected chi connectivity index (χ0v) is 8.40. The van der Waals surface area contributed by atoms with Crippen LogP contribution in [-0.4, -0.2) is 17.7 Å². The fourth-order valence-electron chi connectivity index (χ4n) is 1.60. The maximum Gasteiger partial charge on any atom is 0.0989 e. The van der Waals surface area contributed by atoms with Gasteiger partial charge in [-0.25, -0.2) is 0 Å². The van der Waals surface area contributed by atoms with E-state index in [9.17, 15) is 0 Å². The van der Waals surface area contributed by atoms with Gasteiger partial charge >= 0.3 is 0 Å². The van der Waals surface area contributed by atoms with Crippen LogP contribution in [0.4, 0.5) is 0 Å². The molecule has 0 heterocycles. The molecule has 0 amide bonds. The fourth-order valence-corrected chi connectivity index (χ4v) is 1.66. The largest absolute Gasteiger partial charge is 0.391 e. The van der Waals surface area contributed by atoms with Gasteiger partial charge in [-0.1, -0.05) is 19.1 Å². The van der Waals surface area contributed by atoms with Crippen LogP contribution in [0.15, 0.2) is 0 Å². The molecular weight excluding hydrogens is 170 g/mol. The topological polar surface area (TPSA) is 35.2 Å². The molecule has 0 bridgehead atoms. The molecule has 0 radical (unpaired) electrons. The monoisotopic (exact) mass is 187 g/mol. The van der Waals surface area contributed by atoms with Crippen molar-refractivity contribution in [3.63, 3.8) is 0 Å². The summed E-state index contributed by atoms with van der Waals surface area (Å²) < 4.78 is 5.53. The van der Waals surface area contributed by atoms with Crippen molar-refractivity contribution in [2.45, 2.75) is 38.7 Å². The second-order valence-electron chi connectivity index (χ2n) is 3.66. The van der Waals surface area contributed by atoms with E-state index >= 15 is 0 Å². The van der Waals surface area contributed by atoms with Crippen molar-refractivity contribution < 1.29 is 4.74 Å². The number of hydrogen-bond acceptors (Lipinski definition) is 2. The highest BCUT2D eigenvalue weighted by molar-refractivity contribution is 7.80. The lowest BCUT2D eigenvalue weighted by Gasteiger charge is -2.25. The minimum Gasteiger partial charge on any atom is -0.391 e. The Labute approximate surface area is 79.5 Å². The predicted octanol–water partition coefficient (Wildman–Crippen LogP) is 1.87. The number of rotatable bonds is 3. The van der Waals surface area contributed by atoms with Gasteiger partial charge in [-0.15, -0.1) is 0 Å². The first-order valence-electron chi connectivity index (χ1n) is 4.58. The molecule has 0 aromatic rings. The average molecular weight is 187 g/mol. The maximum atomic E-state index is 5.53. The summed E-state index contributed by atoms with van der Waals surface area (Å²) in [5.74, 6) is 0.870. The molecule has 0 aromatic heterocycles. The van der Waals surface area contributed by atoms with Gasteiger partial charge in [0.2, 0.25) is 0 Å². The first kappa shape index (κ1) is 9.93. The van der Waals surface area contributed by atoms with Gasteiger partial charge in [-0.3, -0.25) is 0 Å². The molecule has 2 N–H and O–H groups in total. The highest BCUT2D eigenvalue weighted by Gasteiger charge is 2.18. The molecule has 70 valence electrons. The fraction of sp³-hybridized carbons (Fsp3) is 0.889. The van der Waals surface area contributed by atoms with Crippen LogP contribution in [-0.2, 0) is 4.74 Å². The van der Waals surface area contributed by atoms with E-state index in [1.165, 1.54) is 25.7 Å². The van der Waals surface area contributed by atoms with Crippen molar-refractivity contribution in [1.82, 2.24) is 0 Å². The van der Waals surface area contributed by atoms with Crippen LogP contribution in [0, 0.1) is 5.92 Å². The molecule has 1 rings (SSSR count). The SMILES string of the molecule is CC1CCC(OCC(N)=S)CC1. The summed E-state index contributed by atoms with van der Waals surface area (Å²) in [6, 6.07) is 0. The third-order valence-corrected chi connectivity index (χ3v) is 2.54. The van der Waals surface area contributed by atoms with Gasteiger partial charge in [0.25, 0.3) is 0 Å². The first-order valence-corrected chi connectivity index (χ1v) is 4.99. The van der Waals surface area contributed by atoms with Crippen LogP contribution in [0.5, 0.6) is 0 Å². The van der Waals surface area contributed by atoms with Crippen LogP contribution < -0.4 is 5.73 Å². The molecule has 1 aliphatic rings. The Bertz CT molecular complexity index is 153. The molecule has 0 aliphatic heterocycles. The average Bonchev–Trinajstić information content (AvgIpc) is 2.03. The third kappa shape index (κ3) is 3.50. The molecule has 0 atom stereocenters. The molecule has 3 heteroatoms. The van der Waals surface area contributed by atoms with Gasteiger partial charge in [0.1, 0.15) is 0 Å². The quantitative estimate of drug-likeness (QED) is 0.685. The van der Waals surface area contributed by atoms with Gasteiger partial charge in [-0.2, -0.15) is 0 Å². The van der Waals surface area contributed by atoms with E-state index < -0.39 is 0 Å². The second kappa shape index (κ2) is 4.77. The van der Waals surface area contributed by atoms with Crippen LogP contribution >= 0.6 is 12.2 Å². The van der Waals surface area contributed by atoms with E-state index in [-0.39, 0.29) is 0 Å². The number of thiocarbonyl (C=S) groups is 1. The predicted molar refractivity (Wildman–Crippen MR) is 54.2 cm³/mol. The minimum atomic E-state index is 0.405. The maximum absolute atomic E-state index is 5.53. The van der Waals surface area contributed by atoms with Crippen LogP contribution in [0.2, 0.25) is 0 Å². The molecule has 0 aromatic carbocycles. The van der Waals surface area contributed by atoms with Crippen molar-refractivity contribution in [2.75, 3.05) is 6.61 Å². The zero-order valence-electron chi connectivity index (χ0n) is 7.58. The molecule has 1 saturated carbocycles. The van der Waals surface area contributed by atoms with Crippen molar-refractivity contribution in [3.8, 4) is 0 Å². The summed E-state index contributed by atoms with van der Waals surface area (Å²) in [5, 5.41) is 0. The van der Waals surface area contributed by atoms with Crippen molar-refractivity contribution >= 4 is 17.2 Å². The van der Waals surface area contributed by atoms with Gasteiger partial charge < -0.3 is 10.5 Å². The number of ether oxygens (including phenoxy) is 1. The second-order valence-corrected chi connectivity index (χ2v) is 4.18. The van der Waals surface area contributed by atoms with Crippen LogP contribution in [0.1, 0.15) is 32.6 Å². The van der Waals surface area contributed by atoms with Gasteiger partial charge in [0.05, 0.1) is 17.7 Å². The molecule has 2 nitrogen and oxygen atoms in total. The van der Waals surface area contributed by atoms with Crippen LogP contribution in [0.3, 0.4) is 0 Å². The highest BCUT2D eigenvalue weighted by Crippen LogP contribution is 2.25. The zero-order chi connectivity index (χ0) is 8.97. The Morgan fingerprint density at radius 3 is 2.50 bits per heavy atom. The van der Waals surface area contributed by atoms with Crippen molar-refractivity contribution in [1.29, 1.82) is 0 Å². The summed E-state index contributed by atoms with van der Waals surface area (Å²) >= 11 is 4.74. The van der Waals surface area contributed by atoms with E-state index in [1.54, 1.807) is 0 Å². The van der Waals surface area contributed by atoms with E-state index in [0.717, 1.165) is 5.92 Å². The smallest absolute Gasteiger partial charge is 0.0989 e. The Balaban J connectivity index is 2.13. The highest BCUT2D eigenvalue weighted by atomic mass is 32.1. The number of nitrogens with two attached hydrogens (primary N) is 1. The third-order valence-electron chi connectivity index (χ3n) is 2.42. The molecule has 1 aliphatic carbocycles. The van der Waals surface area contributed by atoms with Crippen molar-refractivity contribution in [2.24, 2.45) is 11.7 Å². The van der Waals surface area contributed by atoms with E-state index in [2.05, 4.69) is 6.92 Å². The molecular formula is C9H17NOS. The lowest BCUT2D eigenvalue weighted by Crippen LogP contribution is -2.25. The summed E-state index contributed by atoms with van der Waals surface area (Å²) in [5.41, 5.74) is 5.34. The van der Waals surface area contributed by atoms with Crippen LogP contribution in [0.25, 0.3) is 0 Å².